The Hall–Kier alpha value is -3.03. The van der Waals surface area contributed by atoms with Gasteiger partial charge in [0, 0.05) is 38.5 Å². The highest BCUT2D eigenvalue weighted by Crippen LogP contribution is 2.30. The first-order chi connectivity index (χ1) is 18.3. The zero-order valence-electron chi connectivity index (χ0n) is 23.7. The van der Waals surface area contributed by atoms with Crippen LogP contribution in [0.1, 0.15) is 77.7 Å². The summed E-state index contributed by atoms with van der Waals surface area (Å²) in [7, 11) is 0. The van der Waals surface area contributed by atoms with Gasteiger partial charge in [0.25, 0.3) is 0 Å². The molecular formula is C30H43FN6O. The van der Waals surface area contributed by atoms with E-state index in [2.05, 4.69) is 37.5 Å². The standard InChI is InChI=1S/C30H43FN6O/c1-6-8-10-23(7-2)30(38)36-18-9-17-35(19-20-36)28-27-22(5)34-37(25-14-12-24(31)13-15-25)29(27)33-26(32-28)16-11-21(3)4/h12-15,21,23H,6-11,16-20H2,1-5H3/t23-/m1/s1. The van der Waals surface area contributed by atoms with Crippen LogP contribution in [0.5, 0.6) is 0 Å². The smallest absolute Gasteiger partial charge is 0.225 e. The fraction of sp³-hybridized carbons (Fsp3) is 0.600. The number of carbonyl (C=O) groups is 1. The second-order valence-corrected chi connectivity index (χ2v) is 11.0. The van der Waals surface area contributed by atoms with E-state index in [-0.39, 0.29) is 11.7 Å². The summed E-state index contributed by atoms with van der Waals surface area (Å²) in [4.78, 5) is 27.7. The molecule has 7 nitrogen and oxygen atoms in total. The monoisotopic (exact) mass is 522 g/mol. The Labute approximate surface area is 226 Å². The largest absolute Gasteiger partial charge is 0.354 e. The lowest BCUT2D eigenvalue weighted by Gasteiger charge is -2.26. The molecule has 206 valence electrons. The topological polar surface area (TPSA) is 67.2 Å². The first kappa shape index (κ1) is 28.0. The fourth-order valence-corrected chi connectivity index (χ4v) is 5.29. The minimum absolute atomic E-state index is 0.117. The molecule has 1 aromatic carbocycles. The van der Waals surface area contributed by atoms with E-state index >= 15 is 0 Å². The van der Waals surface area contributed by atoms with Gasteiger partial charge in [0.2, 0.25) is 5.91 Å². The van der Waals surface area contributed by atoms with Gasteiger partial charge in [0.1, 0.15) is 17.5 Å². The molecule has 3 heterocycles. The first-order valence-electron chi connectivity index (χ1n) is 14.4. The number of hydrogen-bond acceptors (Lipinski definition) is 5. The maximum Gasteiger partial charge on any atom is 0.225 e. The van der Waals surface area contributed by atoms with Crippen LogP contribution in [0.4, 0.5) is 10.2 Å². The Bertz CT molecular complexity index is 1220. The average molecular weight is 523 g/mol. The Kier molecular flexibility index (Phi) is 9.34. The number of hydrogen-bond donors (Lipinski definition) is 0. The molecule has 1 fully saturated rings. The molecule has 0 unspecified atom stereocenters. The number of aryl methyl sites for hydroxylation is 2. The van der Waals surface area contributed by atoms with Crippen LogP contribution in [-0.2, 0) is 11.2 Å². The quantitative estimate of drug-likeness (QED) is 0.322. The van der Waals surface area contributed by atoms with Gasteiger partial charge in [-0.3, -0.25) is 4.79 Å². The number of benzene rings is 1. The van der Waals surface area contributed by atoms with Gasteiger partial charge >= 0.3 is 0 Å². The maximum atomic E-state index is 13.6. The highest BCUT2D eigenvalue weighted by Gasteiger charge is 2.27. The fourth-order valence-electron chi connectivity index (χ4n) is 5.29. The maximum absolute atomic E-state index is 13.6. The van der Waals surface area contributed by atoms with E-state index in [4.69, 9.17) is 15.1 Å². The van der Waals surface area contributed by atoms with Gasteiger partial charge in [-0.05, 0) is 62.8 Å². The molecule has 3 aromatic rings. The molecule has 1 atom stereocenters. The van der Waals surface area contributed by atoms with Crippen molar-refractivity contribution in [3.8, 4) is 5.69 Å². The summed E-state index contributed by atoms with van der Waals surface area (Å²) in [5, 5.41) is 5.74. The van der Waals surface area contributed by atoms with Crippen LogP contribution in [0.3, 0.4) is 0 Å². The van der Waals surface area contributed by atoms with E-state index in [1.54, 1.807) is 16.8 Å². The van der Waals surface area contributed by atoms with Gasteiger partial charge in [-0.15, -0.1) is 0 Å². The van der Waals surface area contributed by atoms with Crippen molar-refractivity contribution in [2.75, 3.05) is 31.1 Å². The third kappa shape index (κ3) is 6.33. The van der Waals surface area contributed by atoms with Gasteiger partial charge in [0.15, 0.2) is 5.65 Å². The Balaban J connectivity index is 1.67. The summed E-state index contributed by atoms with van der Waals surface area (Å²) >= 11 is 0. The molecule has 0 bridgehead atoms. The summed E-state index contributed by atoms with van der Waals surface area (Å²) in [5.41, 5.74) is 2.37. The van der Waals surface area contributed by atoms with E-state index in [1.165, 1.54) is 12.1 Å². The molecular weight excluding hydrogens is 479 g/mol. The number of halogens is 1. The lowest BCUT2D eigenvalue weighted by molar-refractivity contribution is -0.135. The average Bonchev–Trinajstić information content (AvgIpc) is 3.07. The Morgan fingerprint density at radius 1 is 1.03 bits per heavy atom. The highest BCUT2D eigenvalue weighted by molar-refractivity contribution is 5.91. The van der Waals surface area contributed by atoms with Crippen LogP contribution in [0.25, 0.3) is 16.7 Å². The number of carbonyl (C=O) groups excluding carboxylic acids is 1. The number of amides is 1. The van der Waals surface area contributed by atoms with Crippen molar-refractivity contribution in [1.82, 2.24) is 24.6 Å². The number of unbranched alkanes of at least 4 members (excludes halogenated alkanes) is 1. The molecule has 1 saturated heterocycles. The van der Waals surface area contributed by atoms with Crippen LogP contribution >= 0.6 is 0 Å². The molecule has 0 N–H and O–H groups in total. The second-order valence-electron chi connectivity index (χ2n) is 11.0. The van der Waals surface area contributed by atoms with E-state index in [1.807, 2.05) is 6.92 Å². The molecule has 0 spiro atoms. The van der Waals surface area contributed by atoms with Crippen molar-refractivity contribution in [3.63, 3.8) is 0 Å². The van der Waals surface area contributed by atoms with Crippen molar-refractivity contribution in [2.45, 2.75) is 79.6 Å². The van der Waals surface area contributed by atoms with Gasteiger partial charge in [-0.1, -0.05) is 40.5 Å². The van der Waals surface area contributed by atoms with E-state index < -0.39 is 0 Å². The van der Waals surface area contributed by atoms with Crippen molar-refractivity contribution >= 4 is 22.8 Å². The van der Waals surface area contributed by atoms with Crippen LogP contribution in [0.2, 0.25) is 0 Å². The van der Waals surface area contributed by atoms with Crippen molar-refractivity contribution < 1.29 is 9.18 Å². The summed E-state index contributed by atoms with van der Waals surface area (Å²) in [5.74, 6) is 2.37. The third-order valence-electron chi connectivity index (χ3n) is 7.60. The normalized spacial score (nSPS) is 15.3. The van der Waals surface area contributed by atoms with Crippen molar-refractivity contribution in [2.24, 2.45) is 11.8 Å². The summed E-state index contributed by atoms with van der Waals surface area (Å²) in [6.45, 7) is 13.7. The minimum atomic E-state index is -0.279. The van der Waals surface area contributed by atoms with Gasteiger partial charge in [-0.2, -0.15) is 5.10 Å². The van der Waals surface area contributed by atoms with Crippen LogP contribution in [0.15, 0.2) is 24.3 Å². The minimum Gasteiger partial charge on any atom is -0.354 e. The molecule has 2 aromatic heterocycles. The van der Waals surface area contributed by atoms with Crippen LogP contribution in [-0.4, -0.2) is 56.7 Å². The van der Waals surface area contributed by atoms with Crippen LogP contribution in [0, 0.1) is 24.6 Å². The third-order valence-corrected chi connectivity index (χ3v) is 7.60. The van der Waals surface area contributed by atoms with Crippen molar-refractivity contribution in [1.29, 1.82) is 0 Å². The number of nitrogens with zero attached hydrogens (tertiary/aromatic N) is 6. The zero-order chi connectivity index (χ0) is 27.2. The lowest BCUT2D eigenvalue weighted by Crippen LogP contribution is -2.39. The van der Waals surface area contributed by atoms with E-state index in [0.29, 0.717) is 18.4 Å². The molecule has 0 aliphatic carbocycles. The molecule has 0 saturated carbocycles. The first-order valence-corrected chi connectivity index (χ1v) is 14.4. The number of fused-ring (bicyclic) bond motifs is 1. The second kappa shape index (κ2) is 12.7. The molecule has 1 aliphatic heterocycles. The number of anilines is 1. The van der Waals surface area contributed by atoms with Gasteiger partial charge in [0.05, 0.1) is 16.8 Å². The molecule has 8 heteroatoms. The molecule has 4 rings (SSSR count). The van der Waals surface area contributed by atoms with E-state index in [9.17, 15) is 9.18 Å². The SMILES string of the molecule is CCCC[C@@H](CC)C(=O)N1CCCN(c2nc(CCC(C)C)nc3c2c(C)nn3-c2ccc(F)cc2)CC1. The molecule has 1 amide bonds. The molecule has 1 aliphatic rings. The molecule has 0 radical (unpaired) electrons. The van der Waals surface area contributed by atoms with E-state index in [0.717, 1.165) is 98.6 Å². The van der Waals surface area contributed by atoms with Gasteiger partial charge < -0.3 is 9.80 Å². The predicted octanol–water partition coefficient (Wildman–Crippen LogP) is 6.11. The molecule has 38 heavy (non-hydrogen) atoms. The van der Waals surface area contributed by atoms with Crippen LogP contribution < -0.4 is 4.90 Å². The predicted molar refractivity (Wildman–Crippen MR) is 151 cm³/mol. The Morgan fingerprint density at radius 2 is 1.79 bits per heavy atom. The summed E-state index contributed by atoms with van der Waals surface area (Å²) < 4.78 is 15.4. The highest BCUT2D eigenvalue weighted by atomic mass is 19.1. The number of rotatable bonds is 10. The van der Waals surface area contributed by atoms with Crippen molar-refractivity contribution in [3.05, 3.63) is 41.6 Å². The Morgan fingerprint density at radius 3 is 2.47 bits per heavy atom. The summed E-state index contributed by atoms with van der Waals surface area (Å²) in [6, 6.07) is 6.36. The van der Waals surface area contributed by atoms with Gasteiger partial charge in [-0.25, -0.2) is 19.0 Å². The lowest BCUT2D eigenvalue weighted by atomic mass is 9.97. The zero-order valence-corrected chi connectivity index (χ0v) is 23.7. The summed E-state index contributed by atoms with van der Waals surface area (Å²) in [6.07, 6.45) is 6.75. The number of aromatic nitrogens is 4.